The van der Waals surface area contributed by atoms with Gasteiger partial charge >= 0.3 is 0 Å². The van der Waals surface area contributed by atoms with Gasteiger partial charge in [0, 0.05) is 57.2 Å². The first kappa shape index (κ1) is 21.2. The van der Waals surface area contributed by atoms with Gasteiger partial charge in [-0.15, -0.1) is 0 Å². The Kier molecular flexibility index (Phi) is 5.53. The quantitative estimate of drug-likeness (QED) is 0.610. The van der Waals surface area contributed by atoms with Gasteiger partial charge in [-0.25, -0.2) is 8.42 Å². The molecule has 0 aliphatic carbocycles. The average molecular weight is 453 g/mol. The zero-order valence-electron chi connectivity index (χ0n) is 18.2. The van der Waals surface area contributed by atoms with Gasteiger partial charge in [0.2, 0.25) is 15.9 Å². The van der Waals surface area contributed by atoms with Crippen molar-refractivity contribution in [2.24, 2.45) is 0 Å². The van der Waals surface area contributed by atoms with Crippen LogP contribution in [0.3, 0.4) is 0 Å². The maximum Gasteiger partial charge on any atom is 0.243 e. The monoisotopic (exact) mass is 452 g/mol. The van der Waals surface area contributed by atoms with Gasteiger partial charge in [-0.3, -0.25) is 9.69 Å². The molecule has 0 radical (unpaired) electrons. The lowest BCUT2D eigenvalue weighted by Gasteiger charge is -2.38. The van der Waals surface area contributed by atoms with Gasteiger partial charge in [-0.05, 0) is 42.0 Å². The second-order valence-corrected chi connectivity index (χ2v) is 10.5. The van der Waals surface area contributed by atoms with E-state index in [-0.39, 0.29) is 11.9 Å². The summed E-state index contributed by atoms with van der Waals surface area (Å²) in [6.45, 7) is 5.70. The van der Waals surface area contributed by atoms with Crippen molar-refractivity contribution in [1.82, 2.24) is 18.7 Å². The Morgan fingerprint density at radius 1 is 0.906 bits per heavy atom. The second-order valence-electron chi connectivity index (χ2n) is 8.57. The summed E-state index contributed by atoms with van der Waals surface area (Å²) in [7, 11) is -3.58. The van der Waals surface area contributed by atoms with E-state index >= 15 is 0 Å². The van der Waals surface area contributed by atoms with Crippen molar-refractivity contribution >= 4 is 26.7 Å². The van der Waals surface area contributed by atoms with Crippen molar-refractivity contribution in [3.63, 3.8) is 0 Å². The highest BCUT2D eigenvalue weighted by Crippen LogP contribution is 2.26. The fraction of sp³-hybridized carbons (Fsp3) is 0.375. The van der Waals surface area contributed by atoms with Crippen LogP contribution in [-0.4, -0.2) is 72.3 Å². The summed E-state index contributed by atoms with van der Waals surface area (Å²) in [5, 5.41) is 1.92. The molecule has 1 unspecified atom stereocenters. The van der Waals surface area contributed by atoms with E-state index in [0.717, 1.165) is 23.9 Å². The van der Waals surface area contributed by atoms with Crippen LogP contribution in [-0.2, 0) is 21.4 Å². The van der Waals surface area contributed by atoms with E-state index < -0.39 is 10.0 Å². The number of benzene rings is 2. The summed E-state index contributed by atoms with van der Waals surface area (Å²) in [4.78, 5) is 17.3. The minimum Gasteiger partial charge on any atom is -0.349 e. The summed E-state index contributed by atoms with van der Waals surface area (Å²) in [5.74, 6) is 0.0691. The number of nitrogens with zero attached hydrogens (tertiary/aromatic N) is 4. The molecule has 3 aromatic rings. The number of piperazine rings is 1. The van der Waals surface area contributed by atoms with Crippen LogP contribution in [0, 0.1) is 0 Å². The zero-order chi connectivity index (χ0) is 22.3. The van der Waals surface area contributed by atoms with Gasteiger partial charge in [0.1, 0.15) is 0 Å². The van der Waals surface area contributed by atoms with Crippen LogP contribution >= 0.6 is 0 Å². The van der Waals surface area contributed by atoms with Crippen molar-refractivity contribution in [1.29, 1.82) is 0 Å². The fourth-order valence-electron chi connectivity index (χ4n) is 4.77. The maximum atomic E-state index is 13.2. The molecule has 3 heterocycles. The minimum absolute atomic E-state index is 0.0691. The number of carbonyl (C=O) groups is 1. The summed E-state index contributed by atoms with van der Waals surface area (Å²) in [5.41, 5.74) is 1.23. The minimum atomic E-state index is -3.58. The van der Waals surface area contributed by atoms with Crippen molar-refractivity contribution in [2.45, 2.75) is 24.4 Å². The third kappa shape index (κ3) is 3.83. The molecular weight excluding hydrogens is 424 g/mol. The maximum absolute atomic E-state index is 13.2. The van der Waals surface area contributed by atoms with E-state index in [1.165, 1.54) is 10.00 Å². The Labute approximate surface area is 188 Å². The smallest absolute Gasteiger partial charge is 0.243 e. The van der Waals surface area contributed by atoms with E-state index in [0.29, 0.717) is 37.6 Å². The fourth-order valence-corrected chi connectivity index (χ4v) is 6.23. The van der Waals surface area contributed by atoms with Gasteiger partial charge in [0.15, 0.2) is 0 Å². The molecule has 0 bridgehead atoms. The summed E-state index contributed by atoms with van der Waals surface area (Å²) in [6.07, 6.45) is 2.08. The lowest BCUT2D eigenvalue weighted by molar-refractivity contribution is -0.134. The molecule has 1 atom stereocenters. The Morgan fingerprint density at radius 3 is 2.44 bits per heavy atom. The topological polar surface area (TPSA) is 65.9 Å². The van der Waals surface area contributed by atoms with E-state index in [4.69, 9.17) is 0 Å². The molecule has 168 valence electrons. The number of amides is 1. The standard InChI is InChI=1S/C24H28N4O3S/c1-19-23-7-4-10-25(23)11-12-27(19)18-24(29)26-13-15-28(16-14-26)32(30,31)22-9-8-20-5-2-3-6-21(20)17-22/h2-10,17,19H,11-16,18H2,1H3. The lowest BCUT2D eigenvalue weighted by Crippen LogP contribution is -2.53. The Bertz CT molecular complexity index is 1240. The first-order valence-corrected chi connectivity index (χ1v) is 12.5. The van der Waals surface area contributed by atoms with E-state index in [9.17, 15) is 13.2 Å². The van der Waals surface area contributed by atoms with Crippen LogP contribution in [0.4, 0.5) is 0 Å². The van der Waals surface area contributed by atoms with Crippen molar-refractivity contribution in [3.05, 3.63) is 66.5 Å². The van der Waals surface area contributed by atoms with Gasteiger partial charge in [0.25, 0.3) is 0 Å². The summed E-state index contributed by atoms with van der Waals surface area (Å²) < 4.78 is 30.1. The third-order valence-corrected chi connectivity index (χ3v) is 8.65. The third-order valence-electron chi connectivity index (χ3n) is 6.76. The van der Waals surface area contributed by atoms with E-state index in [1.54, 1.807) is 17.0 Å². The molecule has 0 spiro atoms. The molecule has 32 heavy (non-hydrogen) atoms. The molecule has 1 fully saturated rings. The van der Waals surface area contributed by atoms with Crippen LogP contribution in [0.1, 0.15) is 18.7 Å². The largest absolute Gasteiger partial charge is 0.349 e. The Morgan fingerprint density at radius 2 is 1.66 bits per heavy atom. The molecule has 2 aliphatic rings. The average Bonchev–Trinajstić information content (AvgIpc) is 3.30. The highest BCUT2D eigenvalue weighted by Gasteiger charge is 2.32. The molecular formula is C24H28N4O3S. The number of aromatic nitrogens is 1. The summed E-state index contributed by atoms with van der Waals surface area (Å²) in [6, 6.07) is 17.3. The van der Waals surface area contributed by atoms with E-state index in [1.807, 2.05) is 36.4 Å². The molecule has 1 amide bonds. The molecule has 8 heteroatoms. The van der Waals surface area contributed by atoms with Crippen LogP contribution in [0.5, 0.6) is 0 Å². The normalized spacial score (nSPS) is 20.4. The molecule has 0 saturated carbocycles. The van der Waals surface area contributed by atoms with Crippen LogP contribution in [0.25, 0.3) is 10.8 Å². The summed E-state index contributed by atoms with van der Waals surface area (Å²) >= 11 is 0. The number of sulfonamides is 1. The zero-order valence-corrected chi connectivity index (χ0v) is 19.0. The van der Waals surface area contributed by atoms with Gasteiger partial charge in [-0.2, -0.15) is 4.31 Å². The number of rotatable bonds is 4. The molecule has 0 N–H and O–H groups in total. The van der Waals surface area contributed by atoms with Crippen molar-refractivity contribution in [3.8, 4) is 0 Å². The van der Waals surface area contributed by atoms with Gasteiger partial charge in [0.05, 0.1) is 11.4 Å². The number of hydrogen-bond acceptors (Lipinski definition) is 4. The highest BCUT2D eigenvalue weighted by atomic mass is 32.2. The first-order valence-electron chi connectivity index (χ1n) is 11.1. The molecule has 2 aromatic carbocycles. The molecule has 1 saturated heterocycles. The van der Waals surface area contributed by atoms with E-state index in [2.05, 4.69) is 28.7 Å². The lowest BCUT2D eigenvalue weighted by atomic mass is 10.1. The predicted molar refractivity (Wildman–Crippen MR) is 124 cm³/mol. The molecule has 5 rings (SSSR count). The molecule has 2 aliphatic heterocycles. The predicted octanol–water partition coefficient (Wildman–Crippen LogP) is 2.55. The first-order chi connectivity index (χ1) is 15.4. The Hall–Kier alpha value is -2.68. The molecule has 1 aromatic heterocycles. The van der Waals surface area contributed by atoms with Gasteiger partial charge in [-0.1, -0.05) is 30.3 Å². The highest BCUT2D eigenvalue weighted by molar-refractivity contribution is 7.89. The number of carbonyl (C=O) groups excluding carboxylic acids is 1. The van der Waals surface area contributed by atoms with Crippen LogP contribution in [0.15, 0.2) is 65.7 Å². The number of hydrogen-bond donors (Lipinski definition) is 0. The SMILES string of the molecule is CC1c2cccn2CCN1CC(=O)N1CCN(S(=O)(=O)c2ccc3ccccc3c2)CC1. The van der Waals surface area contributed by atoms with Crippen LogP contribution < -0.4 is 0 Å². The number of fused-ring (bicyclic) bond motifs is 2. The van der Waals surface area contributed by atoms with Crippen molar-refractivity contribution in [2.75, 3.05) is 39.3 Å². The van der Waals surface area contributed by atoms with Gasteiger partial charge < -0.3 is 9.47 Å². The Balaban J connectivity index is 1.22. The molecule has 7 nitrogen and oxygen atoms in total. The van der Waals surface area contributed by atoms with Crippen LogP contribution in [0.2, 0.25) is 0 Å². The second kappa shape index (κ2) is 8.35. The van der Waals surface area contributed by atoms with Crippen molar-refractivity contribution < 1.29 is 13.2 Å².